The van der Waals surface area contributed by atoms with Crippen LogP contribution in [0.5, 0.6) is 0 Å². The SMILES string of the molecule is C=CCC(C)(C/C=C/c1ccccc1C)c1c(NC)ccc2ccccc12. The van der Waals surface area contributed by atoms with Crippen LogP contribution in [0, 0.1) is 6.92 Å². The van der Waals surface area contributed by atoms with Crippen LogP contribution >= 0.6 is 0 Å². The number of benzene rings is 3. The van der Waals surface area contributed by atoms with Gasteiger partial charge in [0.1, 0.15) is 0 Å². The number of fused-ring (bicyclic) bond motifs is 1. The maximum atomic E-state index is 4.04. The Hall–Kier alpha value is -2.80. The summed E-state index contributed by atoms with van der Waals surface area (Å²) in [6, 6.07) is 21.6. The van der Waals surface area contributed by atoms with Crippen molar-refractivity contribution in [3.8, 4) is 0 Å². The lowest BCUT2D eigenvalue weighted by molar-refractivity contribution is 0.492. The van der Waals surface area contributed by atoms with Crippen molar-refractivity contribution in [3.05, 3.63) is 96.1 Å². The first kappa shape index (κ1) is 19.0. The molecule has 0 spiro atoms. The maximum absolute atomic E-state index is 4.04. The van der Waals surface area contributed by atoms with E-state index in [-0.39, 0.29) is 5.41 Å². The van der Waals surface area contributed by atoms with Gasteiger partial charge in [0.05, 0.1) is 0 Å². The Kier molecular flexibility index (Phi) is 5.81. The van der Waals surface area contributed by atoms with E-state index in [0.717, 1.165) is 12.8 Å². The van der Waals surface area contributed by atoms with Crippen LogP contribution in [0.1, 0.15) is 36.5 Å². The third-order valence-corrected chi connectivity index (χ3v) is 5.45. The van der Waals surface area contributed by atoms with Gasteiger partial charge in [-0.1, -0.05) is 79.7 Å². The van der Waals surface area contributed by atoms with E-state index in [4.69, 9.17) is 0 Å². The third-order valence-electron chi connectivity index (χ3n) is 5.45. The van der Waals surface area contributed by atoms with Crippen molar-refractivity contribution in [1.82, 2.24) is 0 Å². The van der Waals surface area contributed by atoms with Gasteiger partial charge in [-0.15, -0.1) is 6.58 Å². The molecule has 1 nitrogen and oxygen atoms in total. The summed E-state index contributed by atoms with van der Waals surface area (Å²) >= 11 is 0. The van der Waals surface area contributed by atoms with Gasteiger partial charge >= 0.3 is 0 Å². The van der Waals surface area contributed by atoms with Crippen molar-refractivity contribution in [3.63, 3.8) is 0 Å². The lowest BCUT2D eigenvalue weighted by Gasteiger charge is -2.32. The molecule has 27 heavy (non-hydrogen) atoms. The van der Waals surface area contributed by atoms with Crippen LogP contribution < -0.4 is 5.32 Å². The van der Waals surface area contributed by atoms with Crippen LogP contribution in [0.25, 0.3) is 16.8 Å². The van der Waals surface area contributed by atoms with E-state index in [1.54, 1.807) is 0 Å². The average molecular weight is 356 g/mol. The van der Waals surface area contributed by atoms with E-state index in [2.05, 4.69) is 98.6 Å². The highest BCUT2D eigenvalue weighted by Crippen LogP contribution is 2.41. The second kappa shape index (κ2) is 8.26. The molecule has 3 aromatic carbocycles. The molecular weight excluding hydrogens is 326 g/mol. The summed E-state index contributed by atoms with van der Waals surface area (Å²) in [5.74, 6) is 0. The minimum atomic E-state index is -0.0276. The Morgan fingerprint density at radius 2 is 1.70 bits per heavy atom. The van der Waals surface area contributed by atoms with Crippen LogP contribution in [-0.4, -0.2) is 7.05 Å². The topological polar surface area (TPSA) is 12.0 Å². The molecule has 0 fully saturated rings. The van der Waals surface area contributed by atoms with Gasteiger partial charge in [0, 0.05) is 18.2 Å². The number of allylic oxidation sites excluding steroid dienone is 2. The normalized spacial score (nSPS) is 13.6. The first-order chi connectivity index (χ1) is 13.1. The zero-order valence-corrected chi connectivity index (χ0v) is 16.6. The minimum Gasteiger partial charge on any atom is -0.388 e. The summed E-state index contributed by atoms with van der Waals surface area (Å²) < 4.78 is 0. The van der Waals surface area contributed by atoms with Gasteiger partial charge in [-0.25, -0.2) is 0 Å². The largest absolute Gasteiger partial charge is 0.388 e. The molecular formula is C26H29N. The van der Waals surface area contributed by atoms with E-state index in [1.807, 2.05) is 13.1 Å². The number of hydrogen-bond acceptors (Lipinski definition) is 1. The first-order valence-corrected chi connectivity index (χ1v) is 9.62. The van der Waals surface area contributed by atoms with Crippen LogP contribution in [0.15, 0.2) is 79.4 Å². The van der Waals surface area contributed by atoms with Gasteiger partial charge in [-0.2, -0.15) is 0 Å². The van der Waals surface area contributed by atoms with Crippen LogP contribution in [0.4, 0.5) is 5.69 Å². The molecule has 1 N–H and O–H groups in total. The maximum Gasteiger partial charge on any atom is 0.0382 e. The Morgan fingerprint density at radius 1 is 0.963 bits per heavy atom. The summed E-state index contributed by atoms with van der Waals surface area (Å²) in [5.41, 5.74) is 5.13. The number of hydrogen-bond donors (Lipinski definition) is 1. The van der Waals surface area contributed by atoms with E-state index >= 15 is 0 Å². The van der Waals surface area contributed by atoms with Gasteiger partial charge in [-0.3, -0.25) is 0 Å². The molecule has 1 atom stereocenters. The summed E-state index contributed by atoms with van der Waals surface area (Å²) in [7, 11) is 2.01. The highest BCUT2D eigenvalue weighted by atomic mass is 14.8. The molecule has 0 aliphatic heterocycles. The smallest absolute Gasteiger partial charge is 0.0382 e. The molecule has 0 amide bonds. The highest BCUT2D eigenvalue weighted by molar-refractivity contribution is 5.91. The minimum absolute atomic E-state index is 0.0276. The number of nitrogens with one attached hydrogen (secondary N) is 1. The Bertz CT molecular complexity index is 967. The van der Waals surface area contributed by atoms with Crippen molar-refractivity contribution >= 4 is 22.5 Å². The standard InChI is InChI=1S/C26H29N/c1-5-18-26(3,19-10-14-21-12-7-6-11-20(21)2)25-23-15-9-8-13-22(23)16-17-24(25)27-4/h5-17,27H,1,18-19H2,2-4H3/b14-10+. The molecule has 0 saturated heterocycles. The fourth-order valence-corrected chi connectivity index (χ4v) is 3.96. The molecule has 3 aromatic rings. The zero-order valence-electron chi connectivity index (χ0n) is 16.6. The van der Waals surface area contributed by atoms with Crippen LogP contribution in [0.3, 0.4) is 0 Å². The molecule has 0 radical (unpaired) electrons. The molecule has 1 heteroatoms. The molecule has 0 bridgehead atoms. The zero-order chi connectivity index (χ0) is 19.3. The van der Waals surface area contributed by atoms with Crippen LogP contribution in [-0.2, 0) is 5.41 Å². The molecule has 3 rings (SSSR count). The fourth-order valence-electron chi connectivity index (χ4n) is 3.96. The van der Waals surface area contributed by atoms with Crippen molar-refractivity contribution in [1.29, 1.82) is 0 Å². The number of aryl methyl sites for hydroxylation is 1. The van der Waals surface area contributed by atoms with Crippen molar-refractivity contribution in [2.24, 2.45) is 0 Å². The Morgan fingerprint density at radius 3 is 2.44 bits per heavy atom. The predicted molar refractivity (Wildman–Crippen MR) is 120 cm³/mol. The highest BCUT2D eigenvalue weighted by Gasteiger charge is 2.28. The quantitative estimate of drug-likeness (QED) is 0.445. The third kappa shape index (κ3) is 3.98. The van der Waals surface area contributed by atoms with Gasteiger partial charge in [0.25, 0.3) is 0 Å². The summed E-state index contributed by atoms with van der Waals surface area (Å²) in [6.07, 6.45) is 8.49. The van der Waals surface area contributed by atoms with Gasteiger partial charge < -0.3 is 5.32 Å². The molecule has 0 saturated carbocycles. The average Bonchev–Trinajstić information content (AvgIpc) is 2.68. The van der Waals surface area contributed by atoms with E-state index in [0.29, 0.717) is 0 Å². The molecule has 138 valence electrons. The Labute approximate surface area is 163 Å². The fraction of sp³-hybridized carbons (Fsp3) is 0.231. The molecule has 0 aliphatic carbocycles. The predicted octanol–water partition coefficient (Wildman–Crippen LogP) is 7.13. The summed E-state index contributed by atoms with van der Waals surface area (Å²) in [5, 5.41) is 6.01. The molecule has 0 aromatic heterocycles. The monoisotopic (exact) mass is 355 g/mol. The van der Waals surface area contributed by atoms with Gasteiger partial charge in [-0.05, 0) is 53.3 Å². The van der Waals surface area contributed by atoms with Gasteiger partial charge in [0.15, 0.2) is 0 Å². The second-order valence-electron chi connectivity index (χ2n) is 7.48. The molecule has 1 unspecified atom stereocenters. The van der Waals surface area contributed by atoms with Crippen molar-refractivity contribution in [2.75, 3.05) is 12.4 Å². The van der Waals surface area contributed by atoms with Crippen molar-refractivity contribution in [2.45, 2.75) is 32.1 Å². The number of anilines is 1. The van der Waals surface area contributed by atoms with E-state index in [1.165, 1.54) is 33.2 Å². The lowest BCUT2D eigenvalue weighted by atomic mass is 9.73. The van der Waals surface area contributed by atoms with Crippen molar-refractivity contribution < 1.29 is 0 Å². The van der Waals surface area contributed by atoms with E-state index < -0.39 is 0 Å². The molecule has 0 heterocycles. The second-order valence-corrected chi connectivity index (χ2v) is 7.48. The van der Waals surface area contributed by atoms with E-state index in [9.17, 15) is 0 Å². The van der Waals surface area contributed by atoms with Gasteiger partial charge in [0.2, 0.25) is 0 Å². The first-order valence-electron chi connectivity index (χ1n) is 9.62. The lowest BCUT2D eigenvalue weighted by Crippen LogP contribution is -2.22. The summed E-state index contributed by atoms with van der Waals surface area (Å²) in [4.78, 5) is 0. The molecule has 0 aliphatic rings. The number of rotatable bonds is 7. The van der Waals surface area contributed by atoms with Crippen LogP contribution in [0.2, 0.25) is 0 Å². The Balaban J connectivity index is 2.05. The summed E-state index contributed by atoms with van der Waals surface area (Å²) in [6.45, 7) is 8.55.